The van der Waals surface area contributed by atoms with E-state index in [0.29, 0.717) is 5.58 Å². The third kappa shape index (κ3) is 1.54. The van der Waals surface area contributed by atoms with Crippen molar-refractivity contribution in [1.29, 1.82) is 0 Å². The van der Waals surface area contributed by atoms with E-state index < -0.39 is 0 Å². The van der Waals surface area contributed by atoms with Gasteiger partial charge in [-0.1, -0.05) is 5.16 Å². The standard InChI is InChI=1S/C12H13FN2O/c13-9-4-5-10-11(8-9)16-14-12(10)15-6-2-1-3-7-15/h4-5,8H,1-3,6-7H2. The van der Waals surface area contributed by atoms with E-state index in [1.807, 2.05) is 0 Å². The first-order valence-electron chi connectivity index (χ1n) is 5.64. The number of hydrogen-bond donors (Lipinski definition) is 0. The van der Waals surface area contributed by atoms with Gasteiger partial charge in [-0.15, -0.1) is 0 Å². The second kappa shape index (κ2) is 3.77. The average molecular weight is 220 g/mol. The zero-order chi connectivity index (χ0) is 11.0. The molecule has 0 bridgehead atoms. The quantitative estimate of drug-likeness (QED) is 0.740. The lowest BCUT2D eigenvalue weighted by Gasteiger charge is -2.26. The van der Waals surface area contributed by atoms with Gasteiger partial charge in [-0.25, -0.2) is 4.39 Å². The lowest BCUT2D eigenvalue weighted by molar-refractivity contribution is 0.448. The van der Waals surface area contributed by atoms with Gasteiger partial charge in [0.25, 0.3) is 0 Å². The number of halogens is 1. The molecule has 1 aliphatic rings. The summed E-state index contributed by atoms with van der Waals surface area (Å²) in [5.74, 6) is 0.573. The van der Waals surface area contributed by atoms with Crippen molar-refractivity contribution in [3.63, 3.8) is 0 Å². The van der Waals surface area contributed by atoms with Crippen LogP contribution < -0.4 is 4.90 Å². The van der Waals surface area contributed by atoms with Crippen LogP contribution in [0.3, 0.4) is 0 Å². The molecule has 1 aliphatic heterocycles. The van der Waals surface area contributed by atoms with Gasteiger partial charge in [-0.05, 0) is 31.4 Å². The fraction of sp³-hybridized carbons (Fsp3) is 0.417. The van der Waals surface area contributed by atoms with Gasteiger partial charge in [0.15, 0.2) is 11.4 Å². The summed E-state index contributed by atoms with van der Waals surface area (Å²) in [6.07, 6.45) is 3.66. The average Bonchev–Trinajstić information content (AvgIpc) is 2.73. The molecular formula is C12H13FN2O. The molecule has 1 aromatic heterocycles. The van der Waals surface area contributed by atoms with Crippen molar-refractivity contribution in [3.05, 3.63) is 24.0 Å². The van der Waals surface area contributed by atoms with Crippen LogP contribution in [-0.4, -0.2) is 18.2 Å². The number of rotatable bonds is 1. The minimum atomic E-state index is -0.283. The Bertz CT molecular complexity index is 503. The van der Waals surface area contributed by atoms with Crippen molar-refractivity contribution < 1.29 is 8.91 Å². The maximum Gasteiger partial charge on any atom is 0.179 e. The zero-order valence-corrected chi connectivity index (χ0v) is 8.95. The summed E-state index contributed by atoms with van der Waals surface area (Å²) in [5.41, 5.74) is 0.528. The third-order valence-corrected chi connectivity index (χ3v) is 3.07. The van der Waals surface area contributed by atoms with E-state index in [1.54, 1.807) is 6.07 Å². The van der Waals surface area contributed by atoms with Crippen LogP contribution in [0.5, 0.6) is 0 Å². The van der Waals surface area contributed by atoms with Gasteiger partial charge < -0.3 is 9.42 Å². The number of aromatic nitrogens is 1. The molecule has 0 amide bonds. The lowest BCUT2D eigenvalue weighted by Crippen LogP contribution is -2.29. The molecule has 1 saturated heterocycles. The van der Waals surface area contributed by atoms with Gasteiger partial charge in [0.2, 0.25) is 0 Å². The highest BCUT2D eigenvalue weighted by Gasteiger charge is 2.17. The van der Waals surface area contributed by atoms with Gasteiger partial charge in [0, 0.05) is 19.2 Å². The highest BCUT2D eigenvalue weighted by atomic mass is 19.1. The first-order chi connectivity index (χ1) is 7.84. The Kier molecular flexibility index (Phi) is 2.27. The molecule has 0 radical (unpaired) electrons. The molecule has 16 heavy (non-hydrogen) atoms. The van der Waals surface area contributed by atoms with Crippen LogP contribution in [0.4, 0.5) is 10.2 Å². The van der Waals surface area contributed by atoms with Gasteiger partial charge in [-0.2, -0.15) is 0 Å². The minimum Gasteiger partial charge on any atom is -0.354 e. The highest BCUT2D eigenvalue weighted by Crippen LogP contribution is 2.28. The monoisotopic (exact) mass is 220 g/mol. The van der Waals surface area contributed by atoms with Gasteiger partial charge in [0.05, 0.1) is 5.39 Å². The number of nitrogens with zero attached hydrogens (tertiary/aromatic N) is 2. The van der Waals surface area contributed by atoms with Crippen molar-refractivity contribution >= 4 is 16.8 Å². The topological polar surface area (TPSA) is 29.3 Å². The van der Waals surface area contributed by atoms with Crippen molar-refractivity contribution in [1.82, 2.24) is 5.16 Å². The molecule has 4 heteroatoms. The van der Waals surface area contributed by atoms with Crippen LogP contribution in [0.25, 0.3) is 11.0 Å². The maximum atomic E-state index is 13.0. The molecule has 3 rings (SSSR count). The van der Waals surface area contributed by atoms with Crippen LogP contribution in [0, 0.1) is 5.82 Å². The van der Waals surface area contributed by atoms with Crippen LogP contribution >= 0.6 is 0 Å². The molecule has 1 aromatic carbocycles. The Morgan fingerprint density at radius 1 is 1.19 bits per heavy atom. The minimum absolute atomic E-state index is 0.283. The Labute approximate surface area is 92.8 Å². The smallest absolute Gasteiger partial charge is 0.179 e. The zero-order valence-electron chi connectivity index (χ0n) is 8.95. The lowest BCUT2D eigenvalue weighted by atomic mass is 10.1. The second-order valence-electron chi connectivity index (χ2n) is 4.19. The molecule has 0 saturated carbocycles. The molecular weight excluding hydrogens is 207 g/mol. The van der Waals surface area contributed by atoms with Crippen LogP contribution in [0.2, 0.25) is 0 Å². The Morgan fingerprint density at radius 3 is 2.81 bits per heavy atom. The van der Waals surface area contributed by atoms with Gasteiger partial charge in [-0.3, -0.25) is 0 Å². The molecule has 0 spiro atoms. The molecule has 3 nitrogen and oxygen atoms in total. The summed E-state index contributed by atoms with van der Waals surface area (Å²) in [5, 5.41) is 4.95. The number of anilines is 1. The number of hydrogen-bond acceptors (Lipinski definition) is 3. The number of benzene rings is 1. The molecule has 2 heterocycles. The molecule has 0 unspecified atom stereocenters. The molecule has 0 atom stereocenters. The van der Waals surface area contributed by atoms with Crippen LogP contribution in [-0.2, 0) is 0 Å². The molecule has 0 N–H and O–H groups in total. The first-order valence-corrected chi connectivity index (χ1v) is 5.64. The molecule has 84 valence electrons. The summed E-state index contributed by atoms with van der Waals surface area (Å²) in [6, 6.07) is 4.58. The summed E-state index contributed by atoms with van der Waals surface area (Å²) in [7, 11) is 0. The van der Waals surface area contributed by atoms with Crippen LogP contribution in [0.15, 0.2) is 22.7 Å². The predicted molar refractivity (Wildman–Crippen MR) is 60.0 cm³/mol. The maximum absolute atomic E-state index is 13.0. The van der Waals surface area contributed by atoms with E-state index in [2.05, 4.69) is 10.1 Å². The highest BCUT2D eigenvalue weighted by molar-refractivity contribution is 5.88. The summed E-state index contributed by atoms with van der Waals surface area (Å²) < 4.78 is 18.1. The largest absolute Gasteiger partial charge is 0.354 e. The van der Waals surface area contributed by atoms with Crippen molar-refractivity contribution in [2.45, 2.75) is 19.3 Å². The number of piperidine rings is 1. The van der Waals surface area contributed by atoms with Gasteiger partial charge in [0.1, 0.15) is 5.82 Å². The SMILES string of the molecule is Fc1ccc2c(N3CCCCC3)noc2c1. The second-order valence-corrected chi connectivity index (χ2v) is 4.19. The summed E-state index contributed by atoms with van der Waals surface area (Å²) in [6.45, 7) is 2.03. The third-order valence-electron chi connectivity index (χ3n) is 3.07. The Balaban J connectivity index is 2.03. The first kappa shape index (κ1) is 9.63. The van der Waals surface area contributed by atoms with E-state index in [9.17, 15) is 4.39 Å². The van der Waals surface area contributed by atoms with E-state index in [4.69, 9.17) is 4.52 Å². The molecule has 1 fully saturated rings. The summed E-state index contributed by atoms with van der Waals surface area (Å²) in [4.78, 5) is 2.22. The van der Waals surface area contributed by atoms with E-state index in [-0.39, 0.29) is 5.82 Å². The van der Waals surface area contributed by atoms with E-state index in [1.165, 1.54) is 31.4 Å². The Hall–Kier alpha value is -1.58. The van der Waals surface area contributed by atoms with E-state index >= 15 is 0 Å². The van der Waals surface area contributed by atoms with Crippen molar-refractivity contribution in [3.8, 4) is 0 Å². The fourth-order valence-electron chi connectivity index (χ4n) is 2.23. The Morgan fingerprint density at radius 2 is 2.00 bits per heavy atom. The predicted octanol–water partition coefficient (Wildman–Crippen LogP) is 2.96. The fourth-order valence-corrected chi connectivity index (χ4v) is 2.23. The van der Waals surface area contributed by atoms with Crippen LogP contribution in [0.1, 0.15) is 19.3 Å². The normalized spacial score (nSPS) is 16.9. The molecule has 0 aliphatic carbocycles. The van der Waals surface area contributed by atoms with E-state index in [0.717, 1.165) is 24.3 Å². The van der Waals surface area contributed by atoms with Gasteiger partial charge >= 0.3 is 0 Å². The summed E-state index contributed by atoms with van der Waals surface area (Å²) >= 11 is 0. The number of fused-ring (bicyclic) bond motifs is 1. The van der Waals surface area contributed by atoms with Crippen molar-refractivity contribution in [2.24, 2.45) is 0 Å². The van der Waals surface area contributed by atoms with Crippen molar-refractivity contribution in [2.75, 3.05) is 18.0 Å². The molecule has 2 aromatic rings.